The van der Waals surface area contributed by atoms with Crippen LogP contribution in [0.25, 0.3) is 22.5 Å². The van der Waals surface area contributed by atoms with Gasteiger partial charge in [-0.05, 0) is 68.9 Å². The summed E-state index contributed by atoms with van der Waals surface area (Å²) in [5, 5.41) is 14.7. The van der Waals surface area contributed by atoms with E-state index in [-0.39, 0.29) is 35.1 Å². The smallest absolute Gasteiger partial charge is 0.402 e. The summed E-state index contributed by atoms with van der Waals surface area (Å²) < 4.78 is 57.3. The SMILES string of the molecule is CCOCC.Cc1cc(-c2nnc(NCC3COCCN3)o2)nc2c(C(F)(F)F)cc(C3CC3)cc12. The van der Waals surface area contributed by atoms with Gasteiger partial charge in [-0.1, -0.05) is 5.10 Å². The summed E-state index contributed by atoms with van der Waals surface area (Å²) >= 11 is 0. The zero-order valence-corrected chi connectivity index (χ0v) is 20.7. The lowest BCUT2D eigenvalue weighted by atomic mass is 9.98. The lowest BCUT2D eigenvalue weighted by Gasteiger charge is -2.23. The number of aryl methyl sites for hydroxylation is 1. The zero-order valence-electron chi connectivity index (χ0n) is 20.7. The Balaban J connectivity index is 0.000000556. The van der Waals surface area contributed by atoms with Gasteiger partial charge in [-0.25, -0.2) is 4.98 Å². The van der Waals surface area contributed by atoms with Crippen LogP contribution in [0.4, 0.5) is 19.2 Å². The van der Waals surface area contributed by atoms with Crippen LogP contribution in [-0.2, 0) is 15.7 Å². The highest BCUT2D eigenvalue weighted by atomic mass is 19.4. The van der Waals surface area contributed by atoms with E-state index in [1.165, 1.54) is 6.07 Å². The lowest BCUT2D eigenvalue weighted by Crippen LogP contribution is -2.45. The zero-order chi connectivity index (χ0) is 25.7. The third-order valence-electron chi connectivity index (χ3n) is 6.05. The Kier molecular flexibility index (Phi) is 8.43. The van der Waals surface area contributed by atoms with Gasteiger partial charge in [-0.2, -0.15) is 13.2 Å². The van der Waals surface area contributed by atoms with Gasteiger partial charge in [0, 0.05) is 37.7 Å². The first kappa shape index (κ1) is 26.3. The summed E-state index contributed by atoms with van der Waals surface area (Å²) in [5.74, 6) is 0.276. The van der Waals surface area contributed by atoms with E-state index in [1.54, 1.807) is 13.0 Å². The molecule has 5 rings (SSSR count). The molecule has 36 heavy (non-hydrogen) atoms. The predicted molar refractivity (Wildman–Crippen MR) is 130 cm³/mol. The minimum atomic E-state index is -4.50. The quantitative estimate of drug-likeness (QED) is 0.465. The van der Waals surface area contributed by atoms with Crippen LogP contribution >= 0.6 is 0 Å². The fourth-order valence-corrected chi connectivity index (χ4v) is 4.06. The number of morpholine rings is 1. The van der Waals surface area contributed by atoms with Crippen LogP contribution < -0.4 is 10.6 Å². The monoisotopic (exact) mass is 507 g/mol. The molecule has 2 fully saturated rings. The highest BCUT2D eigenvalue weighted by Crippen LogP contribution is 2.45. The van der Waals surface area contributed by atoms with Gasteiger partial charge in [0.1, 0.15) is 5.69 Å². The molecule has 1 aliphatic carbocycles. The molecule has 1 aliphatic heterocycles. The van der Waals surface area contributed by atoms with Crippen molar-refractivity contribution in [1.82, 2.24) is 20.5 Å². The Morgan fingerprint density at radius 2 is 1.92 bits per heavy atom. The van der Waals surface area contributed by atoms with Gasteiger partial charge in [0.2, 0.25) is 0 Å². The molecule has 1 atom stereocenters. The number of benzene rings is 1. The number of nitrogens with one attached hydrogen (secondary N) is 2. The first-order chi connectivity index (χ1) is 17.3. The number of rotatable bonds is 7. The maximum absolute atomic E-state index is 13.8. The Morgan fingerprint density at radius 3 is 2.53 bits per heavy atom. The topological polar surface area (TPSA) is 94.3 Å². The fourth-order valence-electron chi connectivity index (χ4n) is 4.06. The Hall–Kier alpha value is -2.76. The molecule has 0 radical (unpaired) electrons. The van der Waals surface area contributed by atoms with Crippen molar-refractivity contribution in [3.8, 4) is 11.6 Å². The van der Waals surface area contributed by atoms with Gasteiger partial charge in [-0.15, -0.1) is 5.10 Å². The number of aromatic nitrogens is 3. The lowest BCUT2D eigenvalue weighted by molar-refractivity contribution is -0.136. The maximum atomic E-state index is 13.8. The van der Waals surface area contributed by atoms with E-state index in [1.807, 2.05) is 19.9 Å². The molecule has 0 bridgehead atoms. The number of alkyl halides is 3. The molecule has 3 heterocycles. The van der Waals surface area contributed by atoms with Gasteiger partial charge in [0.25, 0.3) is 5.89 Å². The van der Waals surface area contributed by atoms with Crippen LogP contribution in [0.2, 0.25) is 0 Å². The highest BCUT2D eigenvalue weighted by molar-refractivity contribution is 5.88. The van der Waals surface area contributed by atoms with Gasteiger partial charge >= 0.3 is 12.2 Å². The molecule has 196 valence electrons. The first-order valence-corrected chi connectivity index (χ1v) is 12.3. The van der Waals surface area contributed by atoms with Gasteiger partial charge < -0.3 is 24.5 Å². The number of fused-ring (bicyclic) bond motifs is 1. The molecule has 1 saturated carbocycles. The molecule has 1 saturated heterocycles. The molecule has 1 unspecified atom stereocenters. The summed E-state index contributed by atoms with van der Waals surface area (Å²) in [6.07, 6.45) is -2.65. The van der Waals surface area contributed by atoms with Crippen LogP contribution in [0.1, 0.15) is 49.3 Å². The van der Waals surface area contributed by atoms with E-state index in [2.05, 4.69) is 25.8 Å². The number of halogens is 3. The Morgan fingerprint density at radius 1 is 1.14 bits per heavy atom. The van der Waals surface area contributed by atoms with Crippen LogP contribution in [-0.4, -0.2) is 60.7 Å². The van der Waals surface area contributed by atoms with Crippen LogP contribution in [0.5, 0.6) is 0 Å². The molecule has 0 spiro atoms. The Labute approximate surface area is 208 Å². The van der Waals surface area contributed by atoms with Crippen molar-refractivity contribution in [2.45, 2.75) is 51.7 Å². The van der Waals surface area contributed by atoms with Crippen molar-refractivity contribution >= 4 is 16.9 Å². The summed E-state index contributed by atoms with van der Waals surface area (Å²) in [4.78, 5) is 4.28. The summed E-state index contributed by atoms with van der Waals surface area (Å²) in [6, 6.07) is 5.04. The minimum absolute atomic E-state index is 0.0692. The second-order valence-corrected chi connectivity index (χ2v) is 8.86. The third-order valence-corrected chi connectivity index (χ3v) is 6.05. The van der Waals surface area contributed by atoms with E-state index in [4.69, 9.17) is 13.9 Å². The van der Waals surface area contributed by atoms with E-state index in [9.17, 15) is 13.2 Å². The summed E-state index contributed by atoms with van der Waals surface area (Å²) in [5.41, 5.74) is 0.807. The standard InChI is InChI=1S/C21H22F3N5O2.C4H10O/c1-11-6-17(19-28-29-20(31-19)26-9-14-10-30-5-4-25-14)27-18-15(11)7-13(12-2-3-12)8-16(18)21(22,23)24;1-3-5-4-2/h6-8,12,14,25H,2-5,9-10H2,1H3,(H,26,29);3-4H2,1-2H3. The largest absolute Gasteiger partial charge is 0.418 e. The number of nitrogens with zero attached hydrogens (tertiary/aromatic N) is 3. The molecule has 8 nitrogen and oxygen atoms in total. The molecule has 3 aromatic rings. The minimum Gasteiger partial charge on any atom is -0.402 e. The van der Waals surface area contributed by atoms with Crippen molar-refractivity contribution in [3.63, 3.8) is 0 Å². The number of anilines is 1. The molecule has 2 aliphatic rings. The van der Waals surface area contributed by atoms with E-state index < -0.39 is 11.7 Å². The van der Waals surface area contributed by atoms with Gasteiger partial charge in [0.05, 0.1) is 24.3 Å². The third kappa shape index (κ3) is 6.51. The van der Waals surface area contributed by atoms with Crippen molar-refractivity contribution in [2.24, 2.45) is 0 Å². The van der Waals surface area contributed by atoms with E-state index in [0.717, 1.165) is 38.2 Å². The van der Waals surface area contributed by atoms with E-state index >= 15 is 0 Å². The highest BCUT2D eigenvalue weighted by Gasteiger charge is 2.36. The van der Waals surface area contributed by atoms with Crippen molar-refractivity contribution in [3.05, 3.63) is 34.9 Å². The molecule has 1 aromatic carbocycles. The molecule has 2 N–H and O–H groups in total. The molecule has 0 amide bonds. The predicted octanol–water partition coefficient (Wildman–Crippen LogP) is 4.93. The summed E-state index contributed by atoms with van der Waals surface area (Å²) in [7, 11) is 0. The number of hydrogen-bond donors (Lipinski definition) is 2. The summed E-state index contributed by atoms with van der Waals surface area (Å²) in [6.45, 7) is 9.98. The first-order valence-electron chi connectivity index (χ1n) is 12.3. The van der Waals surface area contributed by atoms with Gasteiger partial charge in [0.15, 0.2) is 0 Å². The fraction of sp³-hybridized carbons (Fsp3) is 0.560. The van der Waals surface area contributed by atoms with Crippen molar-refractivity contribution in [2.75, 3.05) is 44.8 Å². The maximum Gasteiger partial charge on any atom is 0.418 e. The molecule has 11 heteroatoms. The van der Waals surface area contributed by atoms with E-state index in [0.29, 0.717) is 30.7 Å². The van der Waals surface area contributed by atoms with Crippen molar-refractivity contribution in [1.29, 1.82) is 0 Å². The molecular weight excluding hydrogens is 475 g/mol. The molecular formula is C25H32F3N5O3. The second-order valence-electron chi connectivity index (χ2n) is 8.86. The number of ether oxygens (including phenoxy) is 2. The van der Waals surface area contributed by atoms with Crippen LogP contribution in [0.15, 0.2) is 22.6 Å². The average Bonchev–Trinajstić information content (AvgIpc) is 3.60. The number of hydrogen-bond acceptors (Lipinski definition) is 8. The second kappa shape index (κ2) is 11.5. The van der Waals surface area contributed by atoms with Crippen LogP contribution in [0.3, 0.4) is 0 Å². The molecule has 2 aromatic heterocycles. The Bertz CT molecular complexity index is 1160. The van der Waals surface area contributed by atoms with Crippen LogP contribution in [0, 0.1) is 6.92 Å². The number of pyridine rings is 1. The van der Waals surface area contributed by atoms with Crippen molar-refractivity contribution < 1.29 is 27.1 Å². The van der Waals surface area contributed by atoms with Gasteiger partial charge in [-0.3, -0.25) is 0 Å². The normalized spacial score (nSPS) is 18.1. The average molecular weight is 508 g/mol.